The van der Waals surface area contributed by atoms with Gasteiger partial charge in [0.05, 0.1) is 17.2 Å². The van der Waals surface area contributed by atoms with Gasteiger partial charge in [0.1, 0.15) is 5.82 Å². The standard InChI is InChI=1S/C13H14N2O3S/c1-10-5-7-12(8-6-10)19(17,18)15-13-4-2-3-11(9-16)14-13/h2-8,16H,9H2,1H3,(H,14,15). The van der Waals surface area contributed by atoms with Crippen molar-refractivity contribution in [3.8, 4) is 0 Å². The molecule has 5 nitrogen and oxygen atoms in total. The van der Waals surface area contributed by atoms with Gasteiger partial charge in [-0.05, 0) is 31.2 Å². The lowest BCUT2D eigenvalue weighted by atomic mass is 10.2. The summed E-state index contributed by atoms with van der Waals surface area (Å²) in [5.41, 5.74) is 1.39. The number of hydrogen-bond acceptors (Lipinski definition) is 4. The Labute approximate surface area is 112 Å². The lowest BCUT2D eigenvalue weighted by molar-refractivity contribution is 0.277. The summed E-state index contributed by atoms with van der Waals surface area (Å²) in [6, 6.07) is 11.3. The maximum Gasteiger partial charge on any atom is 0.263 e. The maximum atomic E-state index is 12.1. The molecule has 0 bridgehead atoms. The first kappa shape index (κ1) is 13.5. The van der Waals surface area contributed by atoms with E-state index >= 15 is 0 Å². The van der Waals surface area contributed by atoms with Crippen LogP contribution in [0, 0.1) is 6.92 Å². The van der Waals surface area contributed by atoms with E-state index in [1.165, 1.54) is 18.2 Å². The topological polar surface area (TPSA) is 79.3 Å². The number of hydrogen-bond donors (Lipinski definition) is 2. The van der Waals surface area contributed by atoms with Gasteiger partial charge in [0.2, 0.25) is 0 Å². The van der Waals surface area contributed by atoms with Crippen LogP contribution in [0.25, 0.3) is 0 Å². The summed E-state index contributed by atoms with van der Waals surface area (Å²) in [6.45, 7) is 1.65. The van der Waals surface area contributed by atoms with Gasteiger partial charge in [-0.25, -0.2) is 13.4 Å². The van der Waals surface area contributed by atoms with E-state index in [0.717, 1.165) is 5.56 Å². The Kier molecular flexibility index (Phi) is 3.82. The summed E-state index contributed by atoms with van der Waals surface area (Å²) in [4.78, 5) is 4.15. The average Bonchev–Trinajstić information content (AvgIpc) is 2.39. The molecule has 0 aliphatic rings. The minimum absolute atomic E-state index is 0.175. The highest BCUT2D eigenvalue weighted by molar-refractivity contribution is 7.92. The maximum absolute atomic E-state index is 12.1. The zero-order chi connectivity index (χ0) is 13.9. The first-order valence-electron chi connectivity index (χ1n) is 5.67. The first-order chi connectivity index (χ1) is 9.01. The molecule has 0 aliphatic carbocycles. The van der Waals surface area contributed by atoms with E-state index in [4.69, 9.17) is 5.11 Å². The lowest BCUT2D eigenvalue weighted by Crippen LogP contribution is -2.14. The second kappa shape index (κ2) is 5.38. The van der Waals surface area contributed by atoms with E-state index in [0.29, 0.717) is 5.69 Å². The first-order valence-corrected chi connectivity index (χ1v) is 7.16. The third-order valence-electron chi connectivity index (χ3n) is 2.54. The number of aromatic nitrogens is 1. The summed E-state index contributed by atoms with van der Waals surface area (Å²) < 4.78 is 26.6. The largest absolute Gasteiger partial charge is 0.390 e. The van der Waals surface area contributed by atoms with Crippen LogP contribution in [0.1, 0.15) is 11.3 Å². The van der Waals surface area contributed by atoms with Gasteiger partial charge >= 0.3 is 0 Å². The molecular weight excluding hydrogens is 264 g/mol. The van der Waals surface area contributed by atoms with Crippen LogP contribution in [0.4, 0.5) is 5.82 Å². The predicted molar refractivity (Wildman–Crippen MR) is 72.1 cm³/mol. The minimum Gasteiger partial charge on any atom is -0.390 e. The van der Waals surface area contributed by atoms with Gasteiger partial charge in [-0.15, -0.1) is 0 Å². The van der Waals surface area contributed by atoms with Crippen molar-refractivity contribution in [2.45, 2.75) is 18.4 Å². The molecule has 2 rings (SSSR count). The zero-order valence-electron chi connectivity index (χ0n) is 10.4. The number of anilines is 1. The molecule has 1 heterocycles. The van der Waals surface area contributed by atoms with E-state index in [1.54, 1.807) is 24.3 Å². The molecule has 2 N–H and O–H groups in total. The SMILES string of the molecule is Cc1ccc(S(=O)(=O)Nc2cccc(CO)n2)cc1. The van der Waals surface area contributed by atoms with Crippen molar-refractivity contribution >= 4 is 15.8 Å². The number of aliphatic hydroxyl groups excluding tert-OH is 1. The van der Waals surface area contributed by atoms with Crippen molar-refractivity contribution in [3.63, 3.8) is 0 Å². The molecule has 0 spiro atoms. The van der Waals surface area contributed by atoms with Crippen molar-refractivity contribution in [2.75, 3.05) is 4.72 Å². The third kappa shape index (κ3) is 3.30. The molecule has 6 heteroatoms. The zero-order valence-corrected chi connectivity index (χ0v) is 11.2. The number of pyridine rings is 1. The van der Waals surface area contributed by atoms with Gasteiger partial charge in [-0.2, -0.15) is 0 Å². The number of nitrogens with zero attached hydrogens (tertiary/aromatic N) is 1. The van der Waals surface area contributed by atoms with E-state index in [9.17, 15) is 8.42 Å². The number of aliphatic hydroxyl groups is 1. The molecule has 0 atom stereocenters. The van der Waals surface area contributed by atoms with Crippen molar-refractivity contribution in [3.05, 3.63) is 53.7 Å². The van der Waals surface area contributed by atoms with Gasteiger partial charge in [-0.1, -0.05) is 23.8 Å². The monoisotopic (exact) mass is 278 g/mol. The van der Waals surface area contributed by atoms with Crippen LogP contribution in [-0.2, 0) is 16.6 Å². The lowest BCUT2D eigenvalue weighted by Gasteiger charge is -2.08. The van der Waals surface area contributed by atoms with Gasteiger partial charge in [-0.3, -0.25) is 4.72 Å². The summed E-state index contributed by atoms with van der Waals surface area (Å²) in [7, 11) is -3.65. The molecule has 0 aliphatic heterocycles. The number of aryl methyl sites for hydroxylation is 1. The fourth-order valence-corrected chi connectivity index (χ4v) is 2.54. The fraction of sp³-hybridized carbons (Fsp3) is 0.154. The van der Waals surface area contributed by atoms with Crippen LogP contribution in [0.15, 0.2) is 47.4 Å². The van der Waals surface area contributed by atoms with Crippen LogP contribution in [0.2, 0.25) is 0 Å². The molecule has 1 aromatic carbocycles. The van der Waals surface area contributed by atoms with Gasteiger partial charge in [0.15, 0.2) is 0 Å². The average molecular weight is 278 g/mol. The van der Waals surface area contributed by atoms with Crippen molar-refractivity contribution in [1.29, 1.82) is 0 Å². The molecule has 0 amide bonds. The van der Waals surface area contributed by atoms with Gasteiger partial charge < -0.3 is 5.11 Å². The highest BCUT2D eigenvalue weighted by atomic mass is 32.2. The van der Waals surface area contributed by atoms with Gasteiger partial charge in [0, 0.05) is 0 Å². The quantitative estimate of drug-likeness (QED) is 0.892. The van der Waals surface area contributed by atoms with Crippen LogP contribution in [0.3, 0.4) is 0 Å². The Morgan fingerprint density at radius 1 is 1.16 bits per heavy atom. The molecule has 0 unspecified atom stereocenters. The number of nitrogens with one attached hydrogen (secondary N) is 1. The normalized spacial score (nSPS) is 11.3. The highest BCUT2D eigenvalue weighted by Gasteiger charge is 2.14. The molecule has 0 saturated carbocycles. The summed E-state index contributed by atoms with van der Waals surface area (Å²) in [5, 5.41) is 8.97. The molecule has 0 radical (unpaired) electrons. The summed E-state index contributed by atoms with van der Waals surface area (Å²) in [5.74, 6) is 0.187. The Balaban J connectivity index is 2.28. The highest BCUT2D eigenvalue weighted by Crippen LogP contribution is 2.15. The predicted octanol–water partition coefficient (Wildman–Crippen LogP) is 1.68. The second-order valence-electron chi connectivity index (χ2n) is 4.09. The molecule has 1 aromatic heterocycles. The van der Waals surface area contributed by atoms with E-state index in [1.807, 2.05) is 6.92 Å². The minimum atomic E-state index is -3.65. The molecule has 0 fully saturated rings. The molecule has 100 valence electrons. The number of rotatable bonds is 4. The number of sulfonamides is 1. The Morgan fingerprint density at radius 3 is 2.47 bits per heavy atom. The van der Waals surface area contributed by atoms with E-state index in [-0.39, 0.29) is 17.3 Å². The summed E-state index contributed by atoms with van der Waals surface area (Å²) in [6.07, 6.45) is 0. The van der Waals surface area contributed by atoms with E-state index in [2.05, 4.69) is 9.71 Å². The van der Waals surface area contributed by atoms with Crippen molar-refractivity contribution < 1.29 is 13.5 Å². The van der Waals surface area contributed by atoms with E-state index < -0.39 is 10.0 Å². The Hall–Kier alpha value is -1.92. The van der Waals surface area contributed by atoms with Crippen molar-refractivity contribution in [2.24, 2.45) is 0 Å². The Morgan fingerprint density at radius 2 is 1.84 bits per heavy atom. The van der Waals surface area contributed by atoms with Crippen LogP contribution in [-0.4, -0.2) is 18.5 Å². The van der Waals surface area contributed by atoms with Crippen LogP contribution < -0.4 is 4.72 Å². The smallest absolute Gasteiger partial charge is 0.263 e. The molecular formula is C13H14N2O3S. The second-order valence-corrected chi connectivity index (χ2v) is 5.77. The van der Waals surface area contributed by atoms with Crippen LogP contribution >= 0.6 is 0 Å². The molecule has 2 aromatic rings. The third-order valence-corrected chi connectivity index (χ3v) is 3.91. The Bertz CT molecular complexity index is 667. The summed E-state index contributed by atoms with van der Waals surface area (Å²) >= 11 is 0. The van der Waals surface area contributed by atoms with Crippen molar-refractivity contribution in [1.82, 2.24) is 4.98 Å². The molecule has 0 saturated heterocycles. The van der Waals surface area contributed by atoms with Gasteiger partial charge in [0.25, 0.3) is 10.0 Å². The number of benzene rings is 1. The van der Waals surface area contributed by atoms with Crippen LogP contribution in [0.5, 0.6) is 0 Å². The fourth-order valence-electron chi connectivity index (χ4n) is 1.54. The molecule has 19 heavy (non-hydrogen) atoms.